The Balaban J connectivity index is 1.61. The van der Waals surface area contributed by atoms with E-state index in [2.05, 4.69) is 22.5 Å². The minimum Gasteiger partial charge on any atom is -0.457 e. The van der Waals surface area contributed by atoms with E-state index in [-0.39, 0.29) is 23.2 Å². The second-order valence-corrected chi connectivity index (χ2v) is 11.6. The van der Waals surface area contributed by atoms with Crippen LogP contribution in [0.3, 0.4) is 0 Å². The highest BCUT2D eigenvalue weighted by molar-refractivity contribution is 6.13. The zero-order valence-electron chi connectivity index (χ0n) is 25.7. The van der Waals surface area contributed by atoms with Gasteiger partial charge in [0.05, 0.1) is 5.56 Å². The van der Waals surface area contributed by atoms with Crippen molar-refractivity contribution in [1.82, 2.24) is 10.6 Å². The van der Waals surface area contributed by atoms with Crippen LogP contribution in [0.15, 0.2) is 89.3 Å². The molecular weight excluding hydrogens is 557 g/mol. The van der Waals surface area contributed by atoms with Gasteiger partial charge in [-0.2, -0.15) is 0 Å². The molecule has 0 atom stereocenters. The number of fused-ring (bicyclic) bond motifs is 1. The number of anilines is 1. The Bertz CT molecular complexity index is 1820. The average Bonchev–Trinajstić information content (AvgIpc) is 3.39. The summed E-state index contributed by atoms with van der Waals surface area (Å²) in [4.78, 5) is 28.4. The van der Waals surface area contributed by atoms with E-state index in [0.717, 1.165) is 23.4 Å². The summed E-state index contributed by atoms with van der Waals surface area (Å²) in [5.74, 6) is 0.708. The molecule has 2 N–H and O–H groups in total. The first-order valence-electron chi connectivity index (χ1n) is 14.5. The van der Waals surface area contributed by atoms with Crippen LogP contribution in [0.25, 0.3) is 33.4 Å². The first-order valence-corrected chi connectivity index (χ1v) is 14.5. The summed E-state index contributed by atoms with van der Waals surface area (Å²) in [5, 5.41) is 6.43. The minimum atomic E-state index is -0.375. The zero-order valence-corrected chi connectivity index (χ0v) is 25.7. The largest absolute Gasteiger partial charge is 0.457 e. The van der Waals surface area contributed by atoms with E-state index in [4.69, 9.17) is 9.15 Å². The zero-order chi connectivity index (χ0) is 31.6. The number of hydrogen-bond acceptors (Lipinski definition) is 5. The maximum absolute atomic E-state index is 13.3. The third-order valence-electron chi connectivity index (χ3n) is 7.24. The predicted molar refractivity (Wildman–Crippen MR) is 173 cm³/mol. The number of hydrogen-bond donors (Lipinski definition) is 2. The molecule has 2 amide bonds. The fourth-order valence-corrected chi connectivity index (χ4v) is 4.96. The van der Waals surface area contributed by atoms with Crippen LogP contribution in [0.2, 0.25) is 0 Å². The van der Waals surface area contributed by atoms with Crippen molar-refractivity contribution < 1.29 is 23.1 Å². The van der Waals surface area contributed by atoms with Crippen molar-refractivity contribution in [2.24, 2.45) is 0 Å². The van der Waals surface area contributed by atoms with Crippen LogP contribution >= 0.6 is 0 Å². The molecule has 7 nitrogen and oxygen atoms in total. The molecule has 0 unspecified atom stereocenters. The van der Waals surface area contributed by atoms with E-state index in [1.165, 1.54) is 12.1 Å². The molecule has 0 fully saturated rings. The van der Waals surface area contributed by atoms with Crippen molar-refractivity contribution in [3.8, 4) is 33.9 Å². The highest BCUT2D eigenvalue weighted by Crippen LogP contribution is 2.41. The van der Waals surface area contributed by atoms with Crippen molar-refractivity contribution in [2.45, 2.75) is 33.2 Å². The Labute approximate surface area is 256 Å². The molecule has 1 aromatic heterocycles. The normalized spacial score (nSPS) is 11.3. The number of carbonyl (C=O) groups excluding carboxylic acids is 2. The number of furan rings is 1. The molecule has 226 valence electrons. The first kappa shape index (κ1) is 30.4. The number of rotatable bonds is 8. The summed E-state index contributed by atoms with van der Waals surface area (Å²) >= 11 is 0. The average molecular weight is 594 g/mol. The first-order chi connectivity index (χ1) is 21.0. The van der Waals surface area contributed by atoms with Crippen LogP contribution in [-0.2, 0) is 0 Å². The van der Waals surface area contributed by atoms with Gasteiger partial charge in [-0.3, -0.25) is 9.59 Å². The van der Waals surface area contributed by atoms with E-state index in [1.54, 1.807) is 37.4 Å². The molecule has 5 rings (SSSR count). The minimum absolute atomic E-state index is 0.158. The molecule has 0 saturated carbocycles. The molecule has 0 radical (unpaired) electrons. The molecule has 0 saturated heterocycles. The molecule has 8 heteroatoms. The van der Waals surface area contributed by atoms with Crippen molar-refractivity contribution in [3.05, 3.63) is 102 Å². The van der Waals surface area contributed by atoms with Gasteiger partial charge in [0, 0.05) is 60.0 Å². The molecule has 1 heterocycles. The lowest BCUT2D eigenvalue weighted by Gasteiger charge is -2.22. The highest BCUT2D eigenvalue weighted by Gasteiger charge is 2.25. The number of carbonyl (C=O) groups is 2. The Morgan fingerprint density at radius 1 is 0.886 bits per heavy atom. The quantitative estimate of drug-likeness (QED) is 0.190. The van der Waals surface area contributed by atoms with E-state index in [1.807, 2.05) is 70.3 Å². The third-order valence-corrected chi connectivity index (χ3v) is 7.24. The maximum atomic E-state index is 13.3. The molecule has 0 aliphatic carbocycles. The molecule has 4 aromatic carbocycles. The molecule has 0 aliphatic rings. The molecule has 5 aromatic rings. The van der Waals surface area contributed by atoms with Gasteiger partial charge in [-0.1, -0.05) is 12.1 Å². The van der Waals surface area contributed by atoms with Crippen molar-refractivity contribution >= 4 is 28.5 Å². The fourth-order valence-electron chi connectivity index (χ4n) is 4.96. The predicted octanol–water partition coefficient (Wildman–Crippen LogP) is 8.04. The number of amides is 2. The highest BCUT2D eigenvalue weighted by atomic mass is 19.1. The van der Waals surface area contributed by atoms with E-state index in [0.29, 0.717) is 44.9 Å². The van der Waals surface area contributed by atoms with Crippen LogP contribution in [0.1, 0.15) is 48.4 Å². The van der Waals surface area contributed by atoms with Crippen LogP contribution in [0.5, 0.6) is 11.5 Å². The van der Waals surface area contributed by atoms with Crippen LogP contribution in [0, 0.1) is 5.82 Å². The molecule has 0 spiro atoms. The smallest absolute Gasteiger partial charge is 0.255 e. The van der Waals surface area contributed by atoms with E-state index < -0.39 is 0 Å². The number of ether oxygens (including phenoxy) is 1. The number of halogens is 1. The summed E-state index contributed by atoms with van der Waals surface area (Å²) in [6, 6.07) is 24.4. The standard InChI is InChI=1S/C36H36FN3O4/c1-7-40(6)30-21-31-29(20-28(30)23-9-8-10-24(19-23)34(41)39-36(2,3)4)32(35(42)38-5)33(44-31)22-11-15-26(16-12-22)43-27-17-13-25(37)14-18-27/h8-21H,7H2,1-6H3,(H,38,42)(H,39,41). The third kappa shape index (κ3) is 6.44. The second kappa shape index (κ2) is 12.2. The van der Waals surface area contributed by atoms with Crippen LogP contribution in [0.4, 0.5) is 10.1 Å². The second-order valence-electron chi connectivity index (χ2n) is 11.6. The summed E-state index contributed by atoms with van der Waals surface area (Å²) in [6.45, 7) is 8.62. The van der Waals surface area contributed by atoms with E-state index >= 15 is 0 Å². The molecule has 0 bridgehead atoms. The number of nitrogens with zero attached hydrogens (tertiary/aromatic N) is 1. The van der Waals surface area contributed by atoms with Gasteiger partial charge < -0.3 is 24.7 Å². The van der Waals surface area contributed by atoms with Gasteiger partial charge >= 0.3 is 0 Å². The lowest BCUT2D eigenvalue weighted by molar-refractivity contribution is 0.0918. The van der Waals surface area contributed by atoms with Gasteiger partial charge in [0.15, 0.2) is 0 Å². The maximum Gasteiger partial charge on any atom is 0.255 e. The Morgan fingerprint density at radius 3 is 2.16 bits per heavy atom. The Hall–Kier alpha value is -5.11. The fraction of sp³-hybridized carbons (Fsp3) is 0.222. The van der Waals surface area contributed by atoms with Crippen LogP contribution in [-0.4, -0.2) is 38.0 Å². The van der Waals surface area contributed by atoms with Crippen molar-refractivity contribution in [1.29, 1.82) is 0 Å². The summed E-state index contributed by atoms with van der Waals surface area (Å²) in [5.41, 5.74) is 4.45. The lowest BCUT2D eigenvalue weighted by Crippen LogP contribution is -2.40. The number of benzene rings is 4. The lowest BCUT2D eigenvalue weighted by atomic mass is 9.96. The molecular formula is C36H36FN3O4. The van der Waals surface area contributed by atoms with Crippen molar-refractivity contribution in [3.63, 3.8) is 0 Å². The summed E-state index contributed by atoms with van der Waals surface area (Å²) < 4.78 is 25.5. The van der Waals surface area contributed by atoms with E-state index in [9.17, 15) is 14.0 Å². The SMILES string of the molecule is CCN(C)c1cc2oc(-c3ccc(Oc4ccc(F)cc4)cc3)c(C(=O)NC)c2cc1-c1cccc(C(=O)NC(C)(C)C)c1. The van der Waals surface area contributed by atoms with Gasteiger partial charge in [0.2, 0.25) is 0 Å². The number of nitrogens with one attached hydrogen (secondary N) is 2. The van der Waals surface area contributed by atoms with Gasteiger partial charge in [0.25, 0.3) is 11.8 Å². The Kier molecular flexibility index (Phi) is 8.45. The van der Waals surface area contributed by atoms with Gasteiger partial charge in [-0.25, -0.2) is 4.39 Å². The van der Waals surface area contributed by atoms with Crippen molar-refractivity contribution in [2.75, 3.05) is 25.5 Å². The molecule has 0 aliphatic heterocycles. The van der Waals surface area contributed by atoms with Gasteiger partial charge in [-0.05, 0) is 100.0 Å². The van der Waals surface area contributed by atoms with Crippen LogP contribution < -0.4 is 20.3 Å². The Morgan fingerprint density at radius 2 is 1.55 bits per heavy atom. The molecule has 44 heavy (non-hydrogen) atoms. The van der Waals surface area contributed by atoms with Gasteiger partial charge in [-0.15, -0.1) is 0 Å². The van der Waals surface area contributed by atoms with Gasteiger partial charge in [0.1, 0.15) is 28.7 Å². The monoisotopic (exact) mass is 593 g/mol. The summed E-state index contributed by atoms with van der Waals surface area (Å²) in [6.07, 6.45) is 0. The summed E-state index contributed by atoms with van der Waals surface area (Å²) in [7, 11) is 3.58. The topological polar surface area (TPSA) is 83.8 Å².